The lowest BCUT2D eigenvalue weighted by atomic mass is 9.13. The molecule has 0 aliphatic carbocycles. The highest BCUT2D eigenvalue weighted by Gasteiger charge is 2.33. The minimum absolute atomic E-state index is 0.162. The molecule has 0 fully saturated rings. The number of non-ortho nitro benzene ring substituents is 4. The fourth-order valence-corrected chi connectivity index (χ4v) is 4.69. The molecule has 37 heavy (non-hydrogen) atoms. The molecule has 0 spiro atoms. The second kappa shape index (κ2) is 9.66. The van der Waals surface area contributed by atoms with Crippen molar-refractivity contribution in [2.45, 2.75) is 0 Å². The zero-order chi connectivity index (χ0) is 26.7. The van der Waals surface area contributed by atoms with Crippen molar-refractivity contribution in [1.29, 1.82) is 0 Å². The third kappa shape index (κ3) is 4.48. The second-order valence-corrected chi connectivity index (χ2v) is 8.26. The fourth-order valence-electron chi connectivity index (χ4n) is 4.69. The van der Waals surface area contributed by atoms with Gasteiger partial charge in [-0.2, -0.15) is 21.9 Å². The molecule has 0 atom stereocenters. The first-order valence-corrected chi connectivity index (χ1v) is 10.8. The largest absolute Gasteiger partial charge is 0.269 e. The van der Waals surface area contributed by atoms with E-state index >= 15 is 0 Å². The zero-order valence-electron chi connectivity index (χ0n) is 18.9. The van der Waals surface area contributed by atoms with E-state index in [4.69, 9.17) is 0 Å². The summed E-state index contributed by atoms with van der Waals surface area (Å²) >= 11 is 0. The van der Waals surface area contributed by atoms with Crippen LogP contribution in [0.25, 0.3) is 0 Å². The summed E-state index contributed by atoms with van der Waals surface area (Å²) in [6, 6.07) is 22.9. The zero-order valence-corrected chi connectivity index (χ0v) is 18.9. The van der Waals surface area contributed by atoms with Crippen molar-refractivity contribution in [1.82, 2.24) is 0 Å². The van der Waals surface area contributed by atoms with Crippen LogP contribution in [0.5, 0.6) is 0 Å². The Morgan fingerprint density at radius 2 is 0.514 bits per heavy atom. The van der Waals surface area contributed by atoms with E-state index in [1.807, 2.05) is 0 Å². The van der Waals surface area contributed by atoms with E-state index in [1.54, 1.807) is 48.5 Å². The van der Waals surface area contributed by atoms with Gasteiger partial charge < -0.3 is 0 Å². The summed E-state index contributed by atoms with van der Waals surface area (Å²) in [5, 5.41) is 45.2. The number of nitro benzene ring substituents is 4. The molecule has 4 aromatic carbocycles. The molecular formula is C24H16BN4O8-. The molecule has 4 aromatic rings. The summed E-state index contributed by atoms with van der Waals surface area (Å²) in [5.74, 6) is 0. The molecule has 184 valence electrons. The van der Waals surface area contributed by atoms with E-state index in [1.165, 1.54) is 48.5 Å². The summed E-state index contributed by atoms with van der Waals surface area (Å²) in [5.41, 5.74) is 1.58. The maximum atomic E-state index is 11.3. The third-order valence-electron chi connectivity index (χ3n) is 6.42. The van der Waals surface area contributed by atoms with Gasteiger partial charge in [0.25, 0.3) is 22.7 Å². The summed E-state index contributed by atoms with van der Waals surface area (Å²) in [7, 11) is 0. The van der Waals surface area contributed by atoms with Gasteiger partial charge in [-0.15, -0.1) is 0 Å². The van der Waals surface area contributed by atoms with Gasteiger partial charge in [-0.3, -0.25) is 40.5 Å². The predicted molar refractivity (Wildman–Crippen MR) is 137 cm³/mol. The highest BCUT2D eigenvalue weighted by atomic mass is 16.6. The summed E-state index contributed by atoms with van der Waals surface area (Å²) in [4.78, 5) is 43.0. The highest BCUT2D eigenvalue weighted by molar-refractivity contribution is 7.19. The lowest BCUT2D eigenvalue weighted by Gasteiger charge is -2.44. The van der Waals surface area contributed by atoms with Crippen molar-refractivity contribution >= 4 is 50.7 Å². The average Bonchev–Trinajstić information content (AvgIpc) is 2.90. The van der Waals surface area contributed by atoms with Crippen LogP contribution in [-0.2, 0) is 0 Å². The van der Waals surface area contributed by atoms with E-state index in [-0.39, 0.29) is 22.7 Å². The van der Waals surface area contributed by atoms with E-state index in [2.05, 4.69) is 0 Å². The Kier molecular flexibility index (Phi) is 6.44. The molecule has 0 unspecified atom stereocenters. The van der Waals surface area contributed by atoms with Crippen molar-refractivity contribution in [3.63, 3.8) is 0 Å². The third-order valence-corrected chi connectivity index (χ3v) is 6.42. The molecule has 0 saturated carbocycles. The van der Waals surface area contributed by atoms with Gasteiger partial charge in [0.1, 0.15) is 6.15 Å². The molecule has 12 nitrogen and oxygen atoms in total. The summed E-state index contributed by atoms with van der Waals surface area (Å²) in [6.45, 7) is 0. The SMILES string of the molecule is O=[N+]([O-])c1ccc([B-](c2ccc([N+](=O)[O-])cc2)(c2ccc([N+](=O)[O-])cc2)c2ccc([N+](=O)[O-])cc2)cc1. The molecule has 0 bridgehead atoms. The molecule has 0 aliphatic heterocycles. The molecule has 0 amide bonds. The number of nitro groups is 4. The highest BCUT2D eigenvalue weighted by Crippen LogP contribution is 2.18. The molecule has 0 N–H and O–H groups in total. The summed E-state index contributed by atoms with van der Waals surface area (Å²) in [6.07, 6.45) is -2.25. The Hall–Kier alpha value is -5.46. The molecule has 0 radical (unpaired) electrons. The van der Waals surface area contributed by atoms with Crippen LogP contribution in [0.15, 0.2) is 97.1 Å². The van der Waals surface area contributed by atoms with Crippen molar-refractivity contribution in [2.75, 3.05) is 0 Å². The Balaban J connectivity index is 2.09. The molecule has 0 aliphatic rings. The quantitative estimate of drug-likeness (QED) is 0.202. The van der Waals surface area contributed by atoms with Gasteiger partial charge in [0, 0.05) is 48.5 Å². The van der Waals surface area contributed by atoms with Crippen LogP contribution in [-0.4, -0.2) is 25.8 Å². The van der Waals surface area contributed by atoms with E-state index in [0.29, 0.717) is 21.9 Å². The van der Waals surface area contributed by atoms with E-state index in [9.17, 15) is 40.5 Å². The van der Waals surface area contributed by atoms with Crippen LogP contribution in [0.4, 0.5) is 22.7 Å². The number of hydrogen-bond acceptors (Lipinski definition) is 8. The fraction of sp³-hybridized carbons (Fsp3) is 0. The lowest BCUT2D eigenvalue weighted by molar-refractivity contribution is -0.385. The molecule has 0 aromatic heterocycles. The van der Waals surface area contributed by atoms with Gasteiger partial charge in [0.05, 0.1) is 19.7 Å². The van der Waals surface area contributed by atoms with E-state index < -0.39 is 25.8 Å². The number of nitrogens with zero attached hydrogens (tertiary/aromatic N) is 4. The normalized spacial score (nSPS) is 11.0. The Labute approximate surface area is 208 Å². The van der Waals surface area contributed by atoms with Gasteiger partial charge in [-0.05, 0) is 0 Å². The molecule has 4 rings (SSSR count). The van der Waals surface area contributed by atoms with Crippen molar-refractivity contribution in [2.24, 2.45) is 0 Å². The van der Waals surface area contributed by atoms with Crippen LogP contribution in [0.3, 0.4) is 0 Å². The van der Waals surface area contributed by atoms with Crippen molar-refractivity contribution in [3.05, 3.63) is 138 Å². The second-order valence-electron chi connectivity index (χ2n) is 8.26. The van der Waals surface area contributed by atoms with Crippen LogP contribution >= 0.6 is 0 Å². The van der Waals surface area contributed by atoms with Crippen LogP contribution in [0.1, 0.15) is 0 Å². The standard InChI is InChI=1S/C24H16BN4O8/c30-26(31)21-9-1-17(2-10-21)25(18-3-11-22(12-4-18)27(32)33,19-5-13-23(14-6-19)28(34)35)20-7-15-24(16-8-20)29(36)37/h1-16H/q-1. The number of rotatable bonds is 8. The first kappa shape index (κ1) is 24.7. The first-order chi connectivity index (χ1) is 17.6. The topological polar surface area (TPSA) is 173 Å². The minimum Gasteiger partial charge on any atom is -0.258 e. The minimum atomic E-state index is -2.25. The Bertz CT molecular complexity index is 1270. The molecule has 0 saturated heterocycles. The Morgan fingerprint density at radius 1 is 0.351 bits per heavy atom. The maximum Gasteiger partial charge on any atom is 0.269 e. The Morgan fingerprint density at radius 3 is 0.649 bits per heavy atom. The monoisotopic (exact) mass is 499 g/mol. The van der Waals surface area contributed by atoms with Gasteiger partial charge in [0.2, 0.25) is 0 Å². The molecular weight excluding hydrogens is 483 g/mol. The van der Waals surface area contributed by atoms with Crippen molar-refractivity contribution in [3.8, 4) is 0 Å². The smallest absolute Gasteiger partial charge is 0.258 e. The average molecular weight is 499 g/mol. The van der Waals surface area contributed by atoms with Gasteiger partial charge in [-0.25, -0.2) is 0 Å². The number of benzene rings is 4. The number of hydrogen-bond donors (Lipinski definition) is 0. The predicted octanol–water partition coefficient (Wildman–Crippen LogP) is 2.70. The van der Waals surface area contributed by atoms with Crippen LogP contribution in [0, 0.1) is 40.5 Å². The van der Waals surface area contributed by atoms with Gasteiger partial charge >= 0.3 is 0 Å². The summed E-state index contributed by atoms with van der Waals surface area (Å²) < 4.78 is 0. The van der Waals surface area contributed by atoms with E-state index in [0.717, 1.165) is 0 Å². The first-order valence-electron chi connectivity index (χ1n) is 10.8. The molecule has 13 heteroatoms. The van der Waals surface area contributed by atoms with Gasteiger partial charge in [-0.1, -0.05) is 48.5 Å². The lowest BCUT2D eigenvalue weighted by Crippen LogP contribution is -2.74. The van der Waals surface area contributed by atoms with Crippen molar-refractivity contribution < 1.29 is 19.7 Å². The molecule has 0 heterocycles. The maximum absolute atomic E-state index is 11.3. The van der Waals surface area contributed by atoms with Crippen LogP contribution < -0.4 is 21.9 Å². The van der Waals surface area contributed by atoms with Gasteiger partial charge in [0.15, 0.2) is 0 Å². The van der Waals surface area contributed by atoms with Crippen LogP contribution in [0.2, 0.25) is 0 Å².